The van der Waals surface area contributed by atoms with E-state index in [1.807, 2.05) is 46.1 Å². The van der Waals surface area contributed by atoms with E-state index in [1.54, 1.807) is 32.4 Å². The summed E-state index contributed by atoms with van der Waals surface area (Å²) in [7, 11) is 3.11. The molecule has 29 heavy (non-hydrogen) atoms. The van der Waals surface area contributed by atoms with Crippen molar-refractivity contribution >= 4 is 11.7 Å². The first kappa shape index (κ1) is 18.8. The molecule has 0 N–H and O–H groups in total. The molecule has 3 aromatic rings. The summed E-state index contributed by atoms with van der Waals surface area (Å²) in [5.41, 5.74) is 0.510. The predicted octanol–water partition coefficient (Wildman–Crippen LogP) is 2.25. The normalized spacial score (nSPS) is 14.0. The molecular formula is C21H23N5O3. The van der Waals surface area contributed by atoms with Gasteiger partial charge >= 0.3 is 0 Å². The van der Waals surface area contributed by atoms with Crippen LogP contribution in [0.4, 0.5) is 5.82 Å². The molecule has 1 aliphatic rings. The van der Waals surface area contributed by atoms with Crippen molar-refractivity contribution in [3.05, 3.63) is 60.4 Å². The zero-order valence-electron chi connectivity index (χ0n) is 16.5. The Morgan fingerprint density at radius 3 is 2.17 bits per heavy atom. The lowest BCUT2D eigenvalue weighted by Gasteiger charge is -2.35. The maximum atomic E-state index is 13.0. The van der Waals surface area contributed by atoms with E-state index in [2.05, 4.69) is 15.1 Å². The summed E-state index contributed by atoms with van der Waals surface area (Å²) >= 11 is 0. The molecule has 0 radical (unpaired) electrons. The maximum absolute atomic E-state index is 13.0. The molecule has 4 rings (SSSR count). The summed E-state index contributed by atoms with van der Waals surface area (Å²) in [6.07, 6.45) is 3.86. The number of hydrogen-bond donors (Lipinski definition) is 0. The SMILES string of the molecule is COc1cccc(C(=O)N2CCN(c3ccc(-n4cccc4)nn3)CC2)c1OC. The van der Waals surface area contributed by atoms with E-state index in [0.29, 0.717) is 43.2 Å². The molecule has 0 aliphatic carbocycles. The van der Waals surface area contributed by atoms with Crippen molar-refractivity contribution in [2.45, 2.75) is 0 Å². The van der Waals surface area contributed by atoms with Crippen molar-refractivity contribution in [3.8, 4) is 17.3 Å². The molecule has 0 unspecified atom stereocenters. The molecule has 0 bridgehead atoms. The molecular weight excluding hydrogens is 370 g/mol. The third-order valence-corrected chi connectivity index (χ3v) is 5.03. The minimum Gasteiger partial charge on any atom is -0.493 e. The lowest BCUT2D eigenvalue weighted by molar-refractivity contribution is 0.0742. The van der Waals surface area contributed by atoms with Crippen molar-refractivity contribution in [3.63, 3.8) is 0 Å². The van der Waals surface area contributed by atoms with Gasteiger partial charge in [-0.3, -0.25) is 4.79 Å². The third kappa shape index (κ3) is 3.73. The summed E-state index contributed by atoms with van der Waals surface area (Å²) in [5, 5.41) is 8.65. The second-order valence-corrected chi connectivity index (χ2v) is 6.66. The first-order valence-corrected chi connectivity index (χ1v) is 9.43. The number of carbonyl (C=O) groups excluding carboxylic acids is 1. The number of rotatable bonds is 5. The van der Waals surface area contributed by atoms with Crippen LogP contribution in [0.3, 0.4) is 0 Å². The second-order valence-electron chi connectivity index (χ2n) is 6.66. The monoisotopic (exact) mass is 393 g/mol. The van der Waals surface area contributed by atoms with Gasteiger partial charge in [-0.1, -0.05) is 6.07 Å². The average molecular weight is 393 g/mol. The molecule has 8 nitrogen and oxygen atoms in total. The number of piperazine rings is 1. The van der Waals surface area contributed by atoms with Crippen molar-refractivity contribution in [2.24, 2.45) is 0 Å². The Morgan fingerprint density at radius 2 is 1.55 bits per heavy atom. The van der Waals surface area contributed by atoms with E-state index in [0.717, 1.165) is 11.6 Å². The van der Waals surface area contributed by atoms with Crippen LogP contribution < -0.4 is 14.4 Å². The Morgan fingerprint density at radius 1 is 0.862 bits per heavy atom. The van der Waals surface area contributed by atoms with Gasteiger partial charge < -0.3 is 23.8 Å². The molecule has 1 aliphatic heterocycles. The number of nitrogens with zero attached hydrogens (tertiary/aromatic N) is 5. The van der Waals surface area contributed by atoms with Gasteiger partial charge in [0, 0.05) is 38.6 Å². The minimum absolute atomic E-state index is 0.0607. The minimum atomic E-state index is -0.0607. The molecule has 0 atom stereocenters. The summed E-state index contributed by atoms with van der Waals surface area (Å²) in [6.45, 7) is 2.57. The Labute approximate surface area is 169 Å². The Kier molecular flexibility index (Phi) is 5.33. The molecule has 2 aromatic heterocycles. The Balaban J connectivity index is 1.42. The van der Waals surface area contributed by atoms with Crippen molar-refractivity contribution in [1.29, 1.82) is 0 Å². The predicted molar refractivity (Wildman–Crippen MR) is 109 cm³/mol. The third-order valence-electron chi connectivity index (χ3n) is 5.03. The smallest absolute Gasteiger partial charge is 0.257 e. The highest BCUT2D eigenvalue weighted by molar-refractivity contribution is 5.98. The van der Waals surface area contributed by atoms with E-state index in [1.165, 1.54) is 0 Å². The zero-order chi connectivity index (χ0) is 20.2. The van der Waals surface area contributed by atoms with E-state index >= 15 is 0 Å². The Hall–Kier alpha value is -3.55. The van der Waals surface area contributed by atoms with Gasteiger partial charge in [-0.25, -0.2) is 0 Å². The van der Waals surface area contributed by atoms with Crippen molar-refractivity contribution < 1.29 is 14.3 Å². The quantitative estimate of drug-likeness (QED) is 0.662. The number of ether oxygens (including phenoxy) is 2. The number of carbonyl (C=O) groups is 1. The number of amides is 1. The number of para-hydroxylation sites is 1. The van der Waals surface area contributed by atoms with Gasteiger partial charge in [0.05, 0.1) is 19.8 Å². The second kappa shape index (κ2) is 8.22. The van der Waals surface area contributed by atoms with Crippen LogP contribution in [-0.2, 0) is 0 Å². The van der Waals surface area contributed by atoms with Gasteiger partial charge in [-0.2, -0.15) is 0 Å². The van der Waals surface area contributed by atoms with Crippen LogP contribution in [0.1, 0.15) is 10.4 Å². The number of methoxy groups -OCH3 is 2. The highest BCUT2D eigenvalue weighted by Crippen LogP contribution is 2.31. The topological polar surface area (TPSA) is 72.7 Å². The fourth-order valence-electron chi connectivity index (χ4n) is 3.48. The molecule has 1 saturated heterocycles. The van der Waals surface area contributed by atoms with E-state index in [4.69, 9.17) is 9.47 Å². The fraction of sp³-hybridized carbons (Fsp3) is 0.286. The lowest BCUT2D eigenvalue weighted by Crippen LogP contribution is -2.49. The lowest BCUT2D eigenvalue weighted by atomic mass is 10.1. The fourth-order valence-corrected chi connectivity index (χ4v) is 3.48. The number of anilines is 1. The first-order valence-electron chi connectivity index (χ1n) is 9.43. The summed E-state index contributed by atoms with van der Waals surface area (Å²) in [4.78, 5) is 17.0. The molecule has 0 saturated carbocycles. The van der Waals surface area contributed by atoms with Crippen LogP contribution in [0.25, 0.3) is 5.82 Å². The largest absolute Gasteiger partial charge is 0.493 e. The van der Waals surface area contributed by atoms with Crippen LogP contribution in [0.5, 0.6) is 11.5 Å². The van der Waals surface area contributed by atoms with Crippen LogP contribution in [-0.4, -0.2) is 66.0 Å². The van der Waals surface area contributed by atoms with Crippen LogP contribution in [0.2, 0.25) is 0 Å². The van der Waals surface area contributed by atoms with Crippen LogP contribution in [0.15, 0.2) is 54.9 Å². The summed E-state index contributed by atoms with van der Waals surface area (Å²) in [5.74, 6) is 2.54. The van der Waals surface area contributed by atoms with E-state index in [9.17, 15) is 4.79 Å². The highest BCUT2D eigenvalue weighted by Gasteiger charge is 2.26. The van der Waals surface area contributed by atoms with Crippen LogP contribution >= 0.6 is 0 Å². The molecule has 1 fully saturated rings. The van der Waals surface area contributed by atoms with E-state index in [-0.39, 0.29) is 5.91 Å². The summed E-state index contributed by atoms with van der Waals surface area (Å²) in [6, 6.07) is 13.1. The van der Waals surface area contributed by atoms with Gasteiger partial charge in [-0.15, -0.1) is 10.2 Å². The summed E-state index contributed by atoms with van der Waals surface area (Å²) < 4.78 is 12.6. The number of aromatic nitrogens is 3. The number of benzene rings is 1. The molecule has 3 heterocycles. The van der Waals surface area contributed by atoms with Gasteiger partial charge in [0.2, 0.25) is 0 Å². The van der Waals surface area contributed by atoms with E-state index < -0.39 is 0 Å². The van der Waals surface area contributed by atoms with Gasteiger partial charge in [-0.05, 0) is 36.4 Å². The average Bonchev–Trinajstić information content (AvgIpc) is 3.33. The van der Waals surface area contributed by atoms with Gasteiger partial charge in [0.25, 0.3) is 5.91 Å². The Bertz CT molecular complexity index is 964. The highest BCUT2D eigenvalue weighted by atomic mass is 16.5. The molecule has 0 spiro atoms. The molecule has 1 amide bonds. The van der Waals surface area contributed by atoms with Crippen molar-refractivity contribution in [2.75, 3.05) is 45.3 Å². The van der Waals surface area contributed by atoms with Gasteiger partial charge in [0.1, 0.15) is 0 Å². The number of hydrogen-bond acceptors (Lipinski definition) is 6. The zero-order valence-corrected chi connectivity index (χ0v) is 16.5. The first-order chi connectivity index (χ1) is 14.2. The van der Waals surface area contributed by atoms with Gasteiger partial charge in [0.15, 0.2) is 23.1 Å². The molecule has 150 valence electrons. The maximum Gasteiger partial charge on any atom is 0.257 e. The molecule has 1 aromatic carbocycles. The molecule has 8 heteroatoms. The van der Waals surface area contributed by atoms with Crippen LogP contribution in [0, 0.1) is 0 Å². The van der Waals surface area contributed by atoms with Crippen molar-refractivity contribution in [1.82, 2.24) is 19.7 Å². The standard InChI is InChI=1S/C21H23N5O3/c1-28-17-7-5-6-16(20(17)29-2)21(27)26-14-12-25(13-15-26)19-9-8-18(22-23-19)24-10-3-4-11-24/h3-11H,12-15H2,1-2H3.